The van der Waals surface area contributed by atoms with Crippen LogP contribution in [0.4, 0.5) is 14.5 Å². The van der Waals surface area contributed by atoms with Gasteiger partial charge in [0.2, 0.25) is 5.91 Å². The summed E-state index contributed by atoms with van der Waals surface area (Å²) in [5, 5.41) is 2.49. The molecule has 0 aromatic heterocycles. The van der Waals surface area contributed by atoms with Crippen LogP contribution in [0.1, 0.15) is 29.6 Å². The van der Waals surface area contributed by atoms with Gasteiger partial charge in [0.15, 0.2) is 11.6 Å². The Balaban J connectivity index is 1.87. The summed E-state index contributed by atoms with van der Waals surface area (Å²) >= 11 is 0. The lowest BCUT2D eigenvalue weighted by molar-refractivity contribution is -0.129. The number of anilines is 1. The third kappa shape index (κ3) is 3.68. The molecule has 0 spiro atoms. The van der Waals surface area contributed by atoms with E-state index in [2.05, 4.69) is 5.32 Å². The average molecular weight is 297 g/mol. The fourth-order valence-electron chi connectivity index (χ4n) is 2.26. The van der Waals surface area contributed by atoms with Crippen LogP contribution >= 0.6 is 0 Å². The van der Waals surface area contributed by atoms with E-state index in [1.165, 1.54) is 0 Å². The molecule has 1 aromatic carbocycles. The first kappa shape index (κ1) is 15.2. The number of likely N-dealkylation sites (tertiary alicyclic amines) is 1. The standard InChI is InChI=1S/C14H17F2N3O2/c15-10-7-9(12(17)8-11(10)16)14(21)18-4-3-13(20)19-5-1-2-6-19/h7-8H,1-6,17H2,(H,18,21). The smallest absolute Gasteiger partial charge is 0.253 e. The highest BCUT2D eigenvalue weighted by Crippen LogP contribution is 2.17. The van der Waals surface area contributed by atoms with Gasteiger partial charge in [-0.05, 0) is 18.9 Å². The highest BCUT2D eigenvalue weighted by Gasteiger charge is 2.18. The molecule has 0 aliphatic carbocycles. The maximum atomic E-state index is 13.1. The van der Waals surface area contributed by atoms with E-state index in [4.69, 9.17) is 5.73 Å². The lowest BCUT2D eigenvalue weighted by atomic mass is 10.1. The first-order valence-electron chi connectivity index (χ1n) is 6.79. The van der Waals surface area contributed by atoms with Gasteiger partial charge in [-0.15, -0.1) is 0 Å². The number of nitrogen functional groups attached to an aromatic ring is 1. The van der Waals surface area contributed by atoms with Crippen molar-refractivity contribution < 1.29 is 18.4 Å². The van der Waals surface area contributed by atoms with Crippen LogP contribution in [-0.2, 0) is 4.79 Å². The SMILES string of the molecule is Nc1cc(F)c(F)cc1C(=O)NCCC(=O)N1CCCC1. The van der Waals surface area contributed by atoms with Crippen LogP contribution in [0.25, 0.3) is 0 Å². The molecule has 3 N–H and O–H groups in total. The number of amides is 2. The molecule has 2 amide bonds. The Morgan fingerprint density at radius 1 is 1.19 bits per heavy atom. The summed E-state index contributed by atoms with van der Waals surface area (Å²) in [5.74, 6) is -2.89. The van der Waals surface area contributed by atoms with Gasteiger partial charge < -0.3 is 16.0 Å². The van der Waals surface area contributed by atoms with E-state index in [1.54, 1.807) is 4.90 Å². The van der Waals surface area contributed by atoms with Crippen molar-refractivity contribution in [2.45, 2.75) is 19.3 Å². The Bertz CT molecular complexity index is 557. The molecule has 1 aromatic rings. The van der Waals surface area contributed by atoms with Crippen molar-refractivity contribution in [1.82, 2.24) is 10.2 Å². The number of carbonyl (C=O) groups excluding carboxylic acids is 2. The molecule has 1 saturated heterocycles. The molecule has 1 aliphatic rings. The fraction of sp³-hybridized carbons (Fsp3) is 0.429. The fourth-order valence-corrected chi connectivity index (χ4v) is 2.26. The molecule has 5 nitrogen and oxygen atoms in total. The number of nitrogens with zero attached hydrogens (tertiary/aromatic N) is 1. The van der Waals surface area contributed by atoms with Crippen LogP contribution in [0.3, 0.4) is 0 Å². The van der Waals surface area contributed by atoms with Gasteiger partial charge in [-0.25, -0.2) is 8.78 Å². The van der Waals surface area contributed by atoms with Gasteiger partial charge in [-0.1, -0.05) is 0 Å². The molecular formula is C14H17F2N3O2. The lowest BCUT2D eigenvalue weighted by Gasteiger charge is -2.15. The van der Waals surface area contributed by atoms with Crippen molar-refractivity contribution in [3.05, 3.63) is 29.3 Å². The molecule has 1 heterocycles. The van der Waals surface area contributed by atoms with Crippen molar-refractivity contribution in [3.63, 3.8) is 0 Å². The number of nitrogens with two attached hydrogens (primary N) is 1. The van der Waals surface area contributed by atoms with Crippen LogP contribution < -0.4 is 11.1 Å². The van der Waals surface area contributed by atoms with Gasteiger partial charge in [0.05, 0.1) is 5.56 Å². The van der Waals surface area contributed by atoms with E-state index in [1.807, 2.05) is 0 Å². The largest absolute Gasteiger partial charge is 0.398 e. The van der Waals surface area contributed by atoms with Crippen LogP contribution in [0.15, 0.2) is 12.1 Å². The van der Waals surface area contributed by atoms with E-state index in [9.17, 15) is 18.4 Å². The molecule has 114 valence electrons. The lowest BCUT2D eigenvalue weighted by Crippen LogP contribution is -2.33. The number of halogens is 2. The van der Waals surface area contributed by atoms with E-state index < -0.39 is 17.5 Å². The minimum Gasteiger partial charge on any atom is -0.398 e. The van der Waals surface area contributed by atoms with Gasteiger partial charge >= 0.3 is 0 Å². The van der Waals surface area contributed by atoms with Crippen LogP contribution in [0.2, 0.25) is 0 Å². The van der Waals surface area contributed by atoms with E-state index >= 15 is 0 Å². The molecule has 1 aliphatic heterocycles. The van der Waals surface area contributed by atoms with E-state index in [0.717, 1.165) is 38.1 Å². The molecule has 0 bridgehead atoms. The number of nitrogens with one attached hydrogen (secondary N) is 1. The summed E-state index contributed by atoms with van der Waals surface area (Å²) in [4.78, 5) is 25.3. The minimum absolute atomic E-state index is 0.0222. The maximum Gasteiger partial charge on any atom is 0.253 e. The van der Waals surface area contributed by atoms with E-state index in [-0.39, 0.29) is 30.1 Å². The monoisotopic (exact) mass is 297 g/mol. The predicted octanol–water partition coefficient (Wildman–Crippen LogP) is 1.29. The minimum atomic E-state index is -1.14. The zero-order chi connectivity index (χ0) is 15.4. The summed E-state index contributed by atoms with van der Waals surface area (Å²) in [6, 6.07) is 1.52. The molecule has 2 rings (SSSR count). The molecule has 0 saturated carbocycles. The quantitative estimate of drug-likeness (QED) is 0.822. The normalized spacial score (nSPS) is 14.3. The molecule has 21 heavy (non-hydrogen) atoms. The van der Waals surface area contributed by atoms with Gasteiger partial charge in [0, 0.05) is 37.8 Å². The van der Waals surface area contributed by atoms with Gasteiger partial charge in [0.1, 0.15) is 0 Å². The third-order valence-electron chi connectivity index (χ3n) is 3.42. The van der Waals surface area contributed by atoms with Crippen LogP contribution in [0, 0.1) is 11.6 Å². The number of benzene rings is 1. The van der Waals surface area contributed by atoms with Crippen molar-refractivity contribution in [3.8, 4) is 0 Å². The van der Waals surface area contributed by atoms with E-state index in [0.29, 0.717) is 0 Å². The van der Waals surface area contributed by atoms with Crippen LogP contribution in [0.5, 0.6) is 0 Å². The molecule has 0 atom stereocenters. The Labute approximate surface area is 121 Å². The molecule has 7 heteroatoms. The number of hydrogen-bond acceptors (Lipinski definition) is 3. The van der Waals surface area contributed by atoms with Crippen molar-refractivity contribution in [2.75, 3.05) is 25.4 Å². The molecule has 0 unspecified atom stereocenters. The van der Waals surface area contributed by atoms with Crippen LogP contribution in [-0.4, -0.2) is 36.3 Å². The summed E-state index contributed by atoms with van der Waals surface area (Å²) in [7, 11) is 0. The van der Waals surface area contributed by atoms with Gasteiger partial charge in [-0.3, -0.25) is 9.59 Å². The van der Waals surface area contributed by atoms with Crippen molar-refractivity contribution in [2.24, 2.45) is 0 Å². The number of hydrogen-bond donors (Lipinski definition) is 2. The maximum absolute atomic E-state index is 13.1. The zero-order valence-electron chi connectivity index (χ0n) is 11.5. The molecule has 1 fully saturated rings. The Morgan fingerprint density at radius 2 is 1.81 bits per heavy atom. The second-order valence-corrected chi connectivity index (χ2v) is 4.95. The molecule has 0 radical (unpaired) electrons. The highest BCUT2D eigenvalue weighted by atomic mass is 19.2. The molecular weight excluding hydrogens is 280 g/mol. The topological polar surface area (TPSA) is 75.4 Å². The Hall–Kier alpha value is -2.18. The number of rotatable bonds is 4. The Kier molecular flexibility index (Phi) is 4.72. The first-order chi connectivity index (χ1) is 9.99. The summed E-state index contributed by atoms with van der Waals surface area (Å²) in [6.07, 6.45) is 2.18. The highest BCUT2D eigenvalue weighted by molar-refractivity contribution is 5.99. The van der Waals surface area contributed by atoms with Gasteiger partial charge in [-0.2, -0.15) is 0 Å². The third-order valence-corrected chi connectivity index (χ3v) is 3.42. The second-order valence-electron chi connectivity index (χ2n) is 4.95. The van der Waals surface area contributed by atoms with Crippen molar-refractivity contribution >= 4 is 17.5 Å². The van der Waals surface area contributed by atoms with Gasteiger partial charge in [0.25, 0.3) is 5.91 Å². The summed E-state index contributed by atoms with van der Waals surface area (Å²) in [6.45, 7) is 1.64. The predicted molar refractivity (Wildman–Crippen MR) is 73.5 cm³/mol. The Morgan fingerprint density at radius 3 is 2.48 bits per heavy atom. The number of carbonyl (C=O) groups is 2. The zero-order valence-corrected chi connectivity index (χ0v) is 11.5. The second kappa shape index (κ2) is 6.51. The summed E-state index contributed by atoms with van der Waals surface area (Å²) in [5.41, 5.74) is 5.20. The average Bonchev–Trinajstić information content (AvgIpc) is 2.96. The first-order valence-corrected chi connectivity index (χ1v) is 6.79. The van der Waals surface area contributed by atoms with Crippen molar-refractivity contribution in [1.29, 1.82) is 0 Å². The summed E-state index contributed by atoms with van der Waals surface area (Å²) < 4.78 is 26.0.